The number of hydrogen-bond donors (Lipinski definition) is 2. The highest BCUT2D eigenvalue weighted by atomic mass is 16.6. The van der Waals surface area contributed by atoms with Crippen LogP contribution in [0.25, 0.3) is 0 Å². The fourth-order valence-electron chi connectivity index (χ4n) is 14.3. The third kappa shape index (κ3) is 9.21. The maximum atomic E-state index is 12.6. The van der Waals surface area contributed by atoms with E-state index in [1.807, 2.05) is 55.4 Å². The molecule has 0 radical (unpaired) electrons. The number of rotatable bonds is 10. The van der Waals surface area contributed by atoms with Gasteiger partial charge in [0.25, 0.3) is 0 Å². The summed E-state index contributed by atoms with van der Waals surface area (Å²) in [6.07, 6.45) is 18.2. The lowest BCUT2D eigenvalue weighted by Crippen LogP contribution is -2.67. The second-order valence-corrected chi connectivity index (χ2v) is 25.1. The molecule has 10 aliphatic carbocycles. The molecule has 2 aliphatic heterocycles. The molecule has 12 bridgehead atoms. The van der Waals surface area contributed by atoms with E-state index >= 15 is 0 Å². The van der Waals surface area contributed by atoms with E-state index in [9.17, 15) is 29.4 Å². The van der Waals surface area contributed by atoms with Gasteiger partial charge in [0.2, 0.25) is 0 Å². The standard InChI is InChI=1S/C19H32O2.C16H26O4.C16H24O4/c1-6-17(2,3)16(20)21-18(4,5)19-10-13-7-14(11-19)9-15(8-13)12-19;1-4-13(2,3)12(17)20-16-7-11-5-14(18,9-16)8-15(19,6-11)10-16;1-4-15(2,3)14(18)20-16-7-10-5-11(8-16)13(17)19-12(6-10)9-16/h13-15H,6-12H2,1-5H3;11,18-19H,4-10H2,1-3H3;10-12H,4-9H2,1-3H3. The van der Waals surface area contributed by atoms with Crippen molar-refractivity contribution in [2.45, 2.75) is 239 Å². The monoisotopic (exact) mass is 855 g/mol. The summed E-state index contributed by atoms with van der Waals surface area (Å²) < 4.78 is 23.5. The second kappa shape index (κ2) is 15.8. The summed E-state index contributed by atoms with van der Waals surface area (Å²) in [7, 11) is 0. The molecule has 0 amide bonds. The molecule has 2 N–H and O–H groups in total. The van der Waals surface area contributed by atoms with Gasteiger partial charge in [-0.05, 0) is 181 Å². The van der Waals surface area contributed by atoms with Gasteiger partial charge in [0.1, 0.15) is 22.9 Å². The van der Waals surface area contributed by atoms with Crippen LogP contribution in [0.4, 0.5) is 0 Å². The molecule has 0 aromatic rings. The van der Waals surface area contributed by atoms with E-state index in [2.05, 4.69) is 20.8 Å². The number of hydrogen-bond acceptors (Lipinski definition) is 10. The van der Waals surface area contributed by atoms with Crippen molar-refractivity contribution in [2.24, 2.45) is 57.2 Å². The Balaban J connectivity index is 0.000000138. The minimum atomic E-state index is -0.842. The van der Waals surface area contributed by atoms with Crippen LogP contribution in [0.1, 0.15) is 205 Å². The summed E-state index contributed by atoms with van der Waals surface area (Å²) in [4.78, 5) is 49.4. The van der Waals surface area contributed by atoms with E-state index < -0.39 is 33.2 Å². The van der Waals surface area contributed by atoms with Gasteiger partial charge in [-0.3, -0.25) is 19.2 Å². The number of ether oxygens (including phenoxy) is 4. The number of esters is 4. The average molecular weight is 855 g/mol. The number of carbonyl (C=O) groups excluding carboxylic acids is 4. The molecule has 346 valence electrons. The van der Waals surface area contributed by atoms with Gasteiger partial charge >= 0.3 is 23.9 Å². The van der Waals surface area contributed by atoms with Crippen molar-refractivity contribution < 1.29 is 48.3 Å². The van der Waals surface area contributed by atoms with Crippen molar-refractivity contribution in [3.05, 3.63) is 0 Å². The Labute approximate surface area is 367 Å². The van der Waals surface area contributed by atoms with Crippen LogP contribution in [0.3, 0.4) is 0 Å². The van der Waals surface area contributed by atoms with E-state index in [4.69, 9.17) is 18.9 Å². The van der Waals surface area contributed by atoms with Gasteiger partial charge in [-0.1, -0.05) is 20.8 Å². The minimum absolute atomic E-state index is 0.00857. The topological polar surface area (TPSA) is 146 Å². The predicted molar refractivity (Wildman–Crippen MR) is 232 cm³/mol. The molecular weight excluding hydrogens is 773 g/mol. The lowest BCUT2D eigenvalue weighted by molar-refractivity contribution is -0.264. The Kier molecular flexibility index (Phi) is 12.1. The molecule has 12 fully saturated rings. The fourth-order valence-corrected chi connectivity index (χ4v) is 14.3. The molecule has 10 heteroatoms. The van der Waals surface area contributed by atoms with E-state index in [0.717, 1.165) is 75.5 Å². The van der Waals surface area contributed by atoms with Crippen LogP contribution in [0.15, 0.2) is 0 Å². The molecule has 6 unspecified atom stereocenters. The Bertz CT molecular complexity index is 1650. The first-order chi connectivity index (χ1) is 28.1. The van der Waals surface area contributed by atoms with Crippen LogP contribution < -0.4 is 0 Å². The zero-order valence-corrected chi connectivity index (χ0v) is 39.8. The van der Waals surface area contributed by atoms with E-state index in [-0.39, 0.29) is 58.2 Å². The highest BCUT2D eigenvalue weighted by Gasteiger charge is 2.65. The van der Waals surface area contributed by atoms with Crippen LogP contribution >= 0.6 is 0 Å². The molecule has 6 atom stereocenters. The van der Waals surface area contributed by atoms with Crippen molar-refractivity contribution in [1.29, 1.82) is 0 Å². The van der Waals surface area contributed by atoms with Crippen LogP contribution in [0.2, 0.25) is 0 Å². The van der Waals surface area contributed by atoms with Crippen LogP contribution in [0, 0.1) is 57.2 Å². The van der Waals surface area contributed by atoms with E-state index in [1.54, 1.807) is 0 Å². The lowest BCUT2D eigenvalue weighted by atomic mass is 9.46. The molecule has 0 aromatic carbocycles. The van der Waals surface area contributed by atoms with Gasteiger partial charge in [0, 0.05) is 37.5 Å². The first kappa shape index (κ1) is 46.8. The molecule has 0 aromatic heterocycles. The Morgan fingerprint density at radius 1 is 0.557 bits per heavy atom. The second-order valence-electron chi connectivity index (χ2n) is 25.1. The maximum Gasteiger partial charge on any atom is 0.312 e. The van der Waals surface area contributed by atoms with Crippen molar-refractivity contribution in [2.75, 3.05) is 0 Å². The van der Waals surface area contributed by atoms with E-state index in [1.165, 1.54) is 38.5 Å². The first-order valence-electron chi connectivity index (χ1n) is 24.5. The largest absolute Gasteiger partial charge is 0.462 e. The highest BCUT2D eigenvalue weighted by Crippen LogP contribution is 2.65. The zero-order chi connectivity index (χ0) is 44.8. The summed E-state index contributed by atoms with van der Waals surface area (Å²) >= 11 is 0. The normalized spacial score (nSPS) is 41.5. The molecular formula is C51H82O10. The van der Waals surface area contributed by atoms with Gasteiger partial charge in [0.05, 0.1) is 33.4 Å². The molecule has 12 aliphatic rings. The summed E-state index contributed by atoms with van der Waals surface area (Å²) in [6, 6.07) is 0. The molecule has 2 heterocycles. The van der Waals surface area contributed by atoms with Crippen molar-refractivity contribution >= 4 is 23.9 Å². The Hall–Kier alpha value is -2.20. The quantitative estimate of drug-likeness (QED) is 0.161. The number of carbonyl (C=O) groups is 4. The number of fused-ring (bicyclic) bond motifs is 1. The summed E-state index contributed by atoms with van der Waals surface area (Å²) in [6.45, 7) is 22.0. The van der Waals surface area contributed by atoms with Crippen LogP contribution in [-0.2, 0) is 38.1 Å². The van der Waals surface area contributed by atoms with E-state index in [0.29, 0.717) is 38.0 Å². The fraction of sp³-hybridized carbons (Fsp3) is 0.922. The van der Waals surface area contributed by atoms with Crippen molar-refractivity contribution in [1.82, 2.24) is 0 Å². The third-order valence-electron chi connectivity index (χ3n) is 18.3. The highest BCUT2D eigenvalue weighted by molar-refractivity contribution is 5.78. The molecule has 2 saturated heterocycles. The molecule has 10 nitrogen and oxygen atoms in total. The predicted octanol–water partition coefficient (Wildman–Crippen LogP) is 9.97. The number of aliphatic hydroxyl groups is 2. The SMILES string of the molecule is CCC(C)(C)C(=O)OC(C)(C)C12CC3CC(CC(C3)C1)C2.CCC(C)(C)C(=O)OC12CC3CC(C1)OC(=O)C(C3)C2.CCC(C)(C)C(=O)OC12CC3CC(O)(CC(O)(C3)C1)C2. The van der Waals surface area contributed by atoms with Gasteiger partial charge < -0.3 is 29.2 Å². The Morgan fingerprint density at radius 2 is 1.00 bits per heavy atom. The molecule has 0 spiro atoms. The van der Waals surface area contributed by atoms with Crippen molar-refractivity contribution in [3.63, 3.8) is 0 Å². The zero-order valence-electron chi connectivity index (χ0n) is 39.8. The smallest absolute Gasteiger partial charge is 0.312 e. The Morgan fingerprint density at radius 3 is 1.48 bits per heavy atom. The van der Waals surface area contributed by atoms with Crippen LogP contribution in [-0.4, -0.2) is 68.2 Å². The first-order valence-corrected chi connectivity index (χ1v) is 24.5. The van der Waals surface area contributed by atoms with Gasteiger partial charge in [0.15, 0.2) is 0 Å². The average Bonchev–Trinajstić information content (AvgIpc) is 3.28. The van der Waals surface area contributed by atoms with Gasteiger partial charge in [-0.25, -0.2) is 0 Å². The van der Waals surface area contributed by atoms with Gasteiger partial charge in [-0.2, -0.15) is 0 Å². The molecule has 12 rings (SSSR count). The summed E-state index contributed by atoms with van der Waals surface area (Å²) in [5.74, 6) is 2.95. The lowest BCUT2D eigenvalue weighted by Gasteiger charge is -2.62. The molecule has 10 saturated carbocycles. The van der Waals surface area contributed by atoms with Gasteiger partial charge in [-0.15, -0.1) is 0 Å². The third-order valence-corrected chi connectivity index (χ3v) is 18.3. The summed E-state index contributed by atoms with van der Waals surface area (Å²) in [5.41, 5.74) is -4.17. The minimum Gasteiger partial charge on any atom is -0.462 e. The summed E-state index contributed by atoms with van der Waals surface area (Å²) in [5, 5.41) is 21.3. The van der Waals surface area contributed by atoms with Crippen molar-refractivity contribution in [3.8, 4) is 0 Å². The maximum absolute atomic E-state index is 12.6. The van der Waals surface area contributed by atoms with Crippen LogP contribution in [0.5, 0.6) is 0 Å². The molecule has 61 heavy (non-hydrogen) atoms.